The quantitative estimate of drug-likeness (QED) is 0.288. The summed E-state index contributed by atoms with van der Waals surface area (Å²) in [7, 11) is -0.595. The van der Waals surface area contributed by atoms with Crippen LogP contribution in [0.2, 0.25) is 0 Å². The maximum atomic E-state index is 14.3. The van der Waals surface area contributed by atoms with Crippen molar-refractivity contribution in [3.05, 3.63) is 84.1 Å². The second kappa shape index (κ2) is 12.2. The molecule has 2 aromatic carbocycles. The summed E-state index contributed by atoms with van der Waals surface area (Å²) in [6.45, 7) is 7.91. The number of hydrogen-bond donors (Lipinski definition) is 2. The fraction of sp³-hybridized carbons (Fsp3) is 0.364. The molecule has 3 heterocycles. The number of nitrogens with zero attached hydrogens (tertiary/aromatic N) is 3. The van der Waals surface area contributed by atoms with Gasteiger partial charge in [0.05, 0.1) is 34.6 Å². The van der Waals surface area contributed by atoms with E-state index in [1.165, 1.54) is 6.20 Å². The number of hydrogen-bond acceptors (Lipinski definition) is 8. The Balaban J connectivity index is 1.07. The van der Waals surface area contributed by atoms with Crippen LogP contribution in [0.15, 0.2) is 67.0 Å². The molecule has 232 valence electrons. The van der Waals surface area contributed by atoms with Crippen molar-refractivity contribution < 1.29 is 28.0 Å². The van der Waals surface area contributed by atoms with E-state index in [1.54, 1.807) is 18.2 Å². The van der Waals surface area contributed by atoms with E-state index in [9.17, 15) is 14.0 Å². The van der Waals surface area contributed by atoms with Gasteiger partial charge >= 0.3 is 7.12 Å². The van der Waals surface area contributed by atoms with Crippen LogP contribution in [0.5, 0.6) is 11.6 Å². The Morgan fingerprint density at radius 2 is 1.49 bits per heavy atom. The van der Waals surface area contributed by atoms with Crippen molar-refractivity contribution in [2.75, 3.05) is 0 Å². The van der Waals surface area contributed by atoms with Gasteiger partial charge in [0, 0.05) is 12.1 Å². The van der Waals surface area contributed by atoms with Crippen LogP contribution in [0.25, 0.3) is 11.0 Å². The van der Waals surface area contributed by atoms with Crippen molar-refractivity contribution in [2.45, 2.75) is 76.7 Å². The molecule has 0 unspecified atom stereocenters. The van der Waals surface area contributed by atoms with Crippen molar-refractivity contribution in [1.29, 1.82) is 0 Å². The molecule has 2 amide bonds. The van der Waals surface area contributed by atoms with Crippen molar-refractivity contribution in [2.24, 2.45) is 0 Å². The van der Waals surface area contributed by atoms with Gasteiger partial charge in [0.1, 0.15) is 22.8 Å². The zero-order valence-corrected chi connectivity index (χ0v) is 25.7. The number of nitrogens with one attached hydrogen (secondary N) is 2. The van der Waals surface area contributed by atoms with Crippen LogP contribution in [-0.2, 0) is 9.31 Å². The summed E-state index contributed by atoms with van der Waals surface area (Å²) in [6, 6.07) is 15.4. The van der Waals surface area contributed by atoms with Gasteiger partial charge in [-0.15, -0.1) is 0 Å². The second-order valence-corrected chi connectivity index (χ2v) is 12.5. The number of ether oxygens (including phenoxy) is 1. The molecule has 1 aliphatic heterocycles. The standard InChI is InChI=1S/C33H35BFN5O5/c1-32(2)33(3,4)45-34(44-32)20-8-7-9-24(16-20)43-31-25(17-21(35)18-37-31)29(41)38-22-12-14-23(15-13-22)39-30(42)28-19-36-26-10-5-6-11-27(26)40-28/h5-11,16-19,22-23H,12-15H2,1-4H3,(H,38,41)(H,39,42). The van der Waals surface area contributed by atoms with Gasteiger partial charge in [-0.2, -0.15) is 0 Å². The van der Waals surface area contributed by atoms with Crippen LogP contribution in [0.4, 0.5) is 4.39 Å². The topological polar surface area (TPSA) is 125 Å². The maximum Gasteiger partial charge on any atom is 0.494 e. The molecule has 0 atom stereocenters. The van der Waals surface area contributed by atoms with Crippen LogP contribution >= 0.6 is 0 Å². The average Bonchev–Trinajstić information content (AvgIpc) is 3.25. The Morgan fingerprint density at radius 1 is 0.844 bits per heavy atom. The number of rotatable bonds is 7. The van der Waals surface area contributed by atoms with E-state index < -0.39 is 30.0 Å². The monoisotopic (exact) mass is 611 g/mol. The molecule has 1 saturated carbocycles. The molecule has 10 nitrogen and oxygen atoms in total. The lowest BCUT2D eigenvalue weighted by atomic mass is 9.79. The summed E-state index contributed by atoms with van der Waals surface area (Å²) in [4.78, 5) is 39.0. The number of benzene rings is 2. The minimum atomic E-state index is -0.651. The molecule has 2 N–H and O–H groups in total. The van der Waals surface area contributed by atoms with E-state index in [4.69, 9.17) is 14.0 Å². The van der Waals surface area contributed by atoms with Crippen LogP contribution in [0.1, 0.15) is 74.2 Å². The number of halogens is 1. The van der Waals surface area contributed by atoms with Crippen LogP contribution in [-0.4, -0.2) is 57.2 Å². The van der Waals surface area contributed by atoms with Gasteiger partial charge in [0.25, 0.3) is 11.8 Å². The lowest BCUT2D eigenvalue weighted by Crippen LogP contribution is -2.44. The number of para-hydroxylation sites is 2. The molecule has 2 fully saturated rings. The lowest BCUT2D eigenvalue weighted by molar-refractivity contribution is 0.00578. The van der Waals surface area contributed by atoms with Gasteiger partial charge in [-0.1, -0.05) is 24.3 Å². The number of carbonyl (C=O) groups excluding carboxylic acids is 2. The Hall–Kier alpha value is -4.42. The molecule has 1 saturated heterocycles. The number of amides is 2. The van der Waals surface area contributed by atoms with E-state index in [2.05, 4.69) is 25.6 Å². The van der Waals surface area contributed by atoms with Crippen LogP contribution < -0.4 is 20.8 Å². The summed E-state index contributed by atoms with van der Waals surface area (Å²) < 4.78 is 32.6. The highest BCUT2D eigenvalue weighted by atomic mass is 19.1. The van der Waals surface area contributed by atoms with Crippen molar-refractivity contribution in [3.63, 3.8) is 0 Å². The Kier molecular flexibility index (Phi) is 8.28. The normalized spacial score (nSPS) is 20.5. The fourth-order valence-corrected chi connectivity index (χ4v) is 5.46. The summed E-state index contributed by atoms with van der Waals surface area (Å²) in [5.74, 6) is -1.03. The first kappa shape index (κ1) is 30.6. The van der Waals surface area contributed by atoms with Gasteiger partial charge in [0.15, 0.2) is 0 Å². The molecule has 0 radical (unpaired) electrons. The molecule has 1 aliphatic carbocycles. The number of aromatic nitrogens is 3. The van der Waals surface area contributed by atoms with E-state index in [1.807, 2.05) is 58.0 Å². The van der Waals surface area contributed by atoms with E-state index in [-0.39, 0.29) is 35.1 Å². The highest BCUT2D eigenvalue weighted by Gasteiger charge is 2.51. The zero-order valence-electron chi connectivity index (χ0n) is 25.7. The van der Waals surface area contributed by atoms with Gasteiger partial charge in [-0.05, 0) is 89.2 Å². The molecular weight excluding hydrogens is 576 g/mol. The van der Waals surface area contributed by atoms with Crippen molar-refractivity contribution in [3.8, 4) is 11.6 Å². The Labute approximate surface area is 261 Å². The Bertz CT molecular complexity index is 1730. The van der Waals surface area contributed by atoms with Gasteiger partial charge in [-0.3, -0.25) is 14.6 Å². The predicted molar refractivity (Wildman–Crippen MR) is 167 cm³/mol. The largest absolute Gasteiger partial charge is 0.494 e. The first-order valence-corrected chi connectivity index (χ1v) is 15.1. The third-order valence-corrected chi connectivity index (χ3v) is 8.74. The molecule has 12 heteroatoms. The lowest BCUT2D eigenvalue weighted by Gasteiger charge is -2.32. The van der Waals surface area contributed by atoms with Gasteiger partial charge in [0.2, 0.25) is 5.88 Å². The second-order valence-electron chi connectivity index (χ2n) is 12.5. The third-order valence-electron chi connectivity index (χ3n) is 8.74. The number of pyridine rings is 1. The minimum Gasteiger partial charge on any atom is -0.438 e. The summed E-state index contributed by atoms with van der Waals surface area (Å²) in [6.07, 6.45) is 5.08. The molecule has 6 rings (SSSR count). The molecule has 2 aliphatic rings. The molecular formula is C33H35BFN5O5. The molecule has 0 spiro atoms. The summed E-state index contributed by atoms with van der Waals surface area (Å²) in [5.41, 5.74) is 1.37. The minimum absolute atomic E-state index is 0.0126. The molecule has 0 bridgehead atoms. The predicted octanol–water partition coefficient (Wildman–Crippen LogP) is 4.73. The maximum absolute atomic E-state index is 14.3. The average molecular weight is 611 g/mol. The highest BCUT2D eigenvalue weighted by Crippen LogP contribution is 2.37. The number of carbonyl (C=O) groups is 2. The first-order chi connectivity index (χ1) is 21.5. The molecule has 45 heavy (non-hydrogen) atoms. The van der Waals surface area contributed by atoms with Crippen LogP contribution in [0.3, 0.4) is 0 Å². The molecule has 2 aromatic heterocycles. The van der Waals surface area contributed by atoms with E-state index >= 15 is 0 Å². The SMILES string of the molecule is CC1(C)OB(c2cccc(Oc3ncc(F)cc3C(=O)NC3CCC(NC(=O)c4cnc5ccccc5n4)CC3)c2)OC1(C)C. The summed E-state index contributed by atoms with van der Waals surface area (Å²) in [5, 5.41) is 6.02. The van der Waals surface area contributed by atoms with E-state index in [0.29, 0.717) is 36.9 Å². The summed E-state index contributed by atoms with van der Waals surface area (Å²) >= 11 is 0. The van der Waals surface area contributed by atoms with Crippen LogP contribution in [0, 0.1) is 5.82 Å². The van der Waals surface area contributed by atoms with Gasteiger partial charge < -0.3 is 24.7 Å². The third kappa shape index (κ3) is 6.67. The van der Waals surface area contributed by atoms with Gasteiger partial charge in [-0.25, -0.2) is 14.4 Å². The number of fused-ring (bicyclic) bond motifs is 1. The smallest absolute Gasteiger partial charge is 0.438 e. The van der Waals surface area contributed by atoms with Crippen molar-refractivity contribution in [1.82, 2.24) is 25.6 Å². The Morgan fingerprint density at radius 3 is 2.18 bits per heavy atom. The van der Waals surface area contributed by atoms with E-state index in [0.717, 1.165) is 23.2 Å². The zero-order chi connectivity index (χ0) is 31.8. The first-order valence-electron chi connectivity index (χ1n) is 15.1. The molecule has 4 aromatic rings. The highest BCUT2D eigenvalue weighted by molar-refractivity contribution is 6.62. The van der Waals surface area contributed by atoms with Crippen molar-refractivity contribution >= 4 is 35.4 Å². The fourth-order valence-electron chi connectivity index (χ4n) is 5.46.